The van der Waals surface area contributed by atoms with Crippen LogP contribution >= 0.6 is 0 Å². The van der Waals surface area contributed by atoms with E-state index < -0.39 is 0 Å². The Bertz CT molecular complexity index is 335. The summed E-state index contributed by atoms with van der Waals surface area (Å²) < 4.78 is 0. The standard InChI is InChI=1S/C14H20N2/c1-16-13-7-8-14(16)10-12(9-13)15-11-5-3-2-4-6-11/h2-6,12-15H,7-10H2,1H3. The summed E-state index contributed by atoms with van der Waals surface area (Å²) in [7, 11) is 2.29. The fraction of sp³-hybridized carbons (Fsp3) is 0.571. The molecule has 2 heterocycles. The zero-order chi connectivity index (χ0) is 11.0. The highest BCUT2D eigenvalue weighted by molar-refractivity contribution is 5.43. The Balaban J connectivity index is 1.66. The predicted octanol–water partition coefficient (Wildman–Crippen LogP) is 2.72. The molecule has 0 aliphatic carbocycles. The van der Waals surface area contributed by atoms with Crippen LogP contribution in [0.3, 0.4) is 0 Å². The van der Waals surface area contributed by atoms with Crippen LogP contribution in [0.15, 0.2) is 30.3 Å². The van der Waals surface area contributed by atoms with Gasteiger partial charge in [0.05, 0.1) is 0 Å². The first-order chi connectivity index (χ1) is 7.83. The van der Waals surface area contributed by atoms with Crippen molar-refractivity contribution in [1.82, 2.24) is 4.90 Å². The summed E-state index contributed by atoms with van der Waals surface area (Å²) in [6.07, 6.45) is 5.41. The van der Waals surface area contributed by atoms with Gasteiger partial charge in [-0.25, -0.2) is 0 Å². The van der Waals surface area contributed by atoms with Crippen molar-refractivity contribution in [1.29, 1.82) is 0 Å². The highest BCUT2D eigenvalue weighted by atomic mass is 15.2. The molecule has 0 aromatic heterocycles. The van der Waals surface area contributed by atoms with Gasteiger partial charge in [0.1, 0.15) is 0 Å². The van der Waals surface area contributed by atoms with E-state index in [1.54, 1.807) is 0 Å². The topological polar surface area (TPSA) is 15.3 Å². The van der Waals surface area contributed by atoms with Crippen molar-refractivity contribution in [2.45, 2.75) is 43.8 Å². The minimum absolute atomic E-state index is 0.677. The minimum Gasteiger partial charge on any atom is -0.382 e. The molecule has 3 rings (SSSR count). The molecule has 0 saturated carbocycles. The zero-order valence-electron chi connectivity index (χ0n) is 9.89. The minimum atomic E-state index is 0.677. The van der Waals surface area contributed by atoms with Crippen molar-refractivity contribution in [2.24, 2.45) is 0 Å². The molecular formula is C14H20N2. The molecule has 86 valence electrons. The monoisotopic (exact) mass is 216 g/mol. The molecule has 0 spiro atoms. The molecule has 0 radical (unpaired) electrons. The highest BCUT2D eigenvalue weighted by Gasteiger charge is 2.38. The predicted molar refractivity (Wildman–Crippen MR) is 67.7 cm³/mol. The summed E-state index contributed by atoms with van der Waals surface area (Å²) in [6.45, 7) is 0. The Morgan fingerprint density at radius 3 is 2.31 bits per heavy atom. The number of anilines is 1. The third-order valence-corrected chi connectivity index (χ3v) is 4.24. The first kappa shape index (κ1) is 10.2. The van der Waals surface area contributed by atoms with Crippen LogP contribution in [-0.4, -0.2) is 30.1 Å². The smallest absolute Gasteiger partial charge is 0.0342 e. The van der Waals surface area contributed by atoms with E-state index in [2.05, 4.69) is 47.6 Å². The van der Waals surface area contributed by atoms with E-state index >= 15 is 0 Å². The van der Waals surface area contributed by atoms with E-state index in [4.69, 9.17) is 0 Å². The van der Waals surface area contributed by atoms with Gasteiger partial charge in [-0.1, -0.05) is 18.2 Å². The molecule has 2 aliphatic heterocycles. The van der Waals surface area contributed by atoms with Gasteiger partial charge in [0.2, 0.25) is 0 Å². The molecule has 1 aromatic carbocycles. The maximum Gasteiger partial charge on any atom is 0.0342 e. The molecule has 2 heteroatoms. The Kier molecular flexibility index (Phi) is 2.60. The lowest BCUT2D eigenvalue weighted by atomic mass is 9.98. The van der Waals surface area contributed by atoms with Crippen LogP contribution in [-0.2, 0) is 0 Å². The largest absolute Gasteiger partial charge is 0.382 e. The Hall–Kier alpha value is -1.02. The summed E-state index contributed by atoms with van der Waals surface area (Å²) in [4.78, 5) is 2.59. The Morgan fingerprint density at radius 1 is 1.06 bits per heavy atom. The molecule has 2 nitrogen and oxygen atoms in total. The summed E-state index contributed by atoms with van der Waals surface area (Å²) in [5.74, 6) is 0. The fourth-order valence-corrected chi connectivity index (χ4v) is 3.30. The van der Waals surface area contributed by atoms with Crippen LogP contribution in [0.2, 0.25) is 0 Å². The van der Waals surface area contributed by atoms with Crippen molar-refractivity contribution in [3.8, 4) is 0 Å². The molecule has 2 atom stereocenters. The number of benzene rings is 1. The number of nitrogens with zero attached hydrogens (tertiary/aromatic N) is 1. The molecule has 16 heavy (non-hydrogen) atoms. The van der Waals surface area contributed by atoms with E-state index in [9.17, 15) is 0 Å². The second-order valence-corrected chi connectivity index (χ2v) is 5.23. The van der Waals surface area contributed by atoms with Crippen molar-refractivity contribution in [3.63, 3.8) is 0 Å². The van der Waals surface area contributed by atoms with Crippen molar-refractivity contribution >= 4 is 5.69 Å². The van der Waals surface area contributed by atoms with E-state index in [1.807, 2.05) is 0 Å². The van der Waals surface area contributed by atoms with Crippen LogP contribution in [0.5, 0.6) is 0 Å². The molecule has 0 amide bonds. The summed E-state index contributed by atoms with van der Waals surface area (Å²) >= 11 is 0. The molecule has 2 bridgehead atoms. The van der Waals surface area contributed by atoms with Crippen LogP contribution in [0.4, 0.5) is 5.69 Å². The Morgan fingerprint density at radius 2 is 1.69 bits per heavy atom. The molecular weight excluding hydrogens is 196 g/mol. The van der Waals surface area contributed by atoms with Crippen molar-refractivity contribution in [3.05, 3.63) is 30.3 Å². The lowest BCUT2D eigenvalue weighted by Gasteiger charge is -2.37. The van der Waals surface area contributed by atoms with Crippen molar-refractivity contribution in [2.75, 3.05) is 12.4 Å². The van der Waals surface area contributed by atoms with E-state index in [0.29, 0.717) is 6.04 Å². The number of hydrogen-bond acceptors (Lipinski definition) is 2. The van der Waals surface area contributed by atoms with Gasteiger partial charge >= 0.3 is 0 Å². The SMILES string of the molecule is CN1C2CCC1CC(Nc1ccccc1)C2. The molecule has 2 saturated heterocycles. The van der Waals surface area contributed by atoms with Gasteiger partial charge in [0.15, 0.2) is 0 Å². The lowest BCUT2D eigenvalue weighted by Crippen LogP contribution is -2.44. The quantitative estimate of drug-likeness (QED) is 0.817. The first-order valence-electron chi connectivity index (χ1n) is 6.36. The molecule has 2 fully saturated rings. The number of rotatable bonds is 2. The van der Waals surface area contributed by atoms with E-state index in [-0.39, 0.29) is 0 Å². The summed E-state index contributed by atoms with van der Waals surface area (Å²) in [5, 5.41) is 3.68. The van der Waals surface area contributed by atoms with Crippen LogP contribution in [0.1, 0.15) is 25.7 Å². The second kappa shape index (κ2) is 4.10. The van der Waals surface area contributed by atoms with Gasteiger partial charge < -0.3 is 10.2 Å². The lowest BCUT2D eigenvalue weighted by molar-refractivity contribution is 0.169. The summed E-state index contributed by atoms with van der Waals surface area (Å²) in [6, 6.07) is 12.9. The molecule has 1 N–H and O–H groups in total. The fourth-order valence-electron chi connectivity index (χ4n) is 3.30. The number of hydrogen-bond donors (Lipinski definition) is 1. The molecule has 1 aromatic rings. The van der Waals surface area contributed by atoms with Crippen LogP contribution < -0.4 is 5.32 Å². The van der Waals surface area contributed by atoms with Gasteiger partial charge in [-0.05, 0) is 44.9 Å². The maximum atomic E-state index is 3.68. The first-order valence-corrected chi connectivity index (χ1v) is 6.36. The average molecular weight is 216 g/mol. The van der Waals surface area contributed by atoms with Gasteiger partial charge in [-0.15, -0.1) is 0 Å². The van der Waals surface area contributed by atoms with Crippen LogP contribution in [0.25, 0.3) is 0 Å². The van der Waals surface area contributed by atoms with E-state index in [1.165, 1.54) is 31.4 Å². The zero-order valence-corrected chi connectivity index (χ0v) is 9.89. The molecule has 2 aliphatic rings. The normalized spacial score (nSPS) is 33.9. The third kappa shape index (κ3) is 1.82. The Labute approximate surface area is 97.6 Å². The summed E-state index contributed by atoms with van der Waals surface area (Å²) in [5.41, 5.74) is 1.27. The van der Waals surface area contributed by atoms with Gasteiger partial charge in [0.25, 0.3) is 0 Å². The van der Waals surface area contributed by atoms with Gasteiger partial charge in [0, 0.05) is 23.8 Å². The number of fused-ring (bicyclic) bond motifs is 2. The van der Waals surface area contributed by atoms with Gasteiger partial charge in [-0.2, -0.15) is 0 Å². The maximum absolute atomic E-state index is 3.68. The van der Waals surface area contributed by atoms with Crippen molar-refractivity contribution < 1.29 is 0 Å². The second-order valence-electron chi connectivity index (χ2n) is 5.23. The molecule has 2 unspecified atom stereocenters. The van der Waals surface area contributed by atoms with Gasteiger partial charge in [-0.3, -0.25) is 0 Å². The number of piperidine rings is 1. The highest BCUT2D eigenvalue weighted by Crippen LogP contribution is 2.35. The number of nitrogens with one attached hydrogen (secondary N) is 1. The van der Waals surface area contributed by atoms with Crippen LogP contribution in [0, 0.1) is 0 Å². The average Bonchev–Trinajstić information content (AvgIpc) is 2.54. The third-order valence-electron chi connectivity index (χ3n) is 4.24. The number of para-hydroxylation sites is 1. The van der Waals surface area contributed by atoms with E-state index in [0.717, 1.165) is 12.1 Å².